The lowest BCUT2D eigenvalue weighted by Gasteiger charge is -2.08. The molecule has 2 N–H and O–H groups in total. The van der Waals surface area contributed by atoms with Crippen molar-refractivity contribution >= 4 is 45.2 Å². The fourth-order valence-electron chi connectivity index (χ4n) is 3.05. The van der Waals surface area contributed by atoms with Crippen molar-refractivity contribution in [2.24, 2.45) is 0 Å². The maximum atomic E-state index is 12.4. The van der Waals surface area contributed by atoms with Crippen molar-refractivity contribution in [3.63, 3.8) is 0 Å². The third-order valence-electron chi connectivity index (χ3n) is 4.64. The van der Waals surface area contributed by atoms with Crippen LogP contribution in [-0.4, -0.2) is 33.6 Å². The van der Waals surface area contributed by atoms with Gasteiger partial charge in [0.2, 0.25) is 5.95 Å². The molecular formula is C24H20BrN5O3S. The number of amides is 2. The largest absolute Gasteiger partial charge is 0.461 e. The smallest absolute Gasteiger partial charge is 0.357 e. The lowest BCUT2D eigenvalue weighted by Crippen LogP contribution is -2.29. The highest BCUT2D eigenvalue weighted by atomic mass is 79.9. The standard InChI is InChI=1S/C24H20BrN5O3S/c1-2-33-22(31)20-14-34-21(28-20)17-5-3-4-15(12-17)13-27-24(32)30-23-26-11-10-19(29-23)16-6-8-18(25)9-7-16/h3-12,14H,2,13H2,1H3,(H2,26,27,29,30,32). The monoisotopic (exact) mass is 537 g/mol. The number of urea groups is 1. The molecule has 8 nitrogen and oxygen atoms in total. The molecule has 172 valence electrons. The van der Waals surface area contributed by atoms with Crippen LogP contribution in [0.5, 0.6) is 0 Å². The molecule has 2 aromatic heterocycles. The minimum atomic E-state index is -0.439. The number of ether oxygens (including phenoxy) is 1. The van der Waals surface area contributed by atoms with Crippen molar-refractivity contribution in [3.05, 3.63) is 81.9 Å². The van der Waals surface area contributed by atoms with Crippen LogP contribution in [0.4, 0.5) is 10.7 Å². The third-order valence-corrected chi connectivity index (χ3v) is 6.06. The second-order valence-corrected chi connectivity index (χ2v) is 8.81. The van der Waals surface area contributed by atoms with E-state index in [4.69, 9.17) is 4.74 Å². The van der Waals surface area contributed by atoms with E-state index < -0.39 is 12.0 Å². The van der Waals surface area contributed by atoms with Crippen LogP contribution in [0, 0.1) is 0 Å². The number of halogens is 1. The van der Waals surface area contributed by atoms with Crippen LogP contribution in [0.1, 0.15) is 23.0 Å². The first kappa shape index (κ1) is 23.5. The number of hydrogen-bond donors (Lipinski definition) is 2. The average Bonchev–Trinajstić information content (AvgIpc) is 3.35. The van der Waals surface area contributed by atoms with E-state index in [1.54, 1.807) is 24.6 Å². The summed E-state index contributed by atoms with van der Waals surface area (Å²) in [4.78, 5) is 37.1. The van der Waals surface area contributed by atoms with Gasteiger partial charge >= 0.3 is 12.0 Å². The maximum absolute atomic E-state index is 12.4. The zero-order chi connectivity index (χ0) is 23.9. The van der Waals surface area contributed by atoms with Crippen molar-refractivity contribution in [1.29, 1.82) is 0 Å². The highest BCUT2D eigenvalue weighted by molar-refractivity contribution is 9.10. The Hall–Kier alpha value is -3.63. The number of aromatic nitrogens is 3. The zero-order valence-corrected chi connectivity index (χ0v) is 20.5. The van der Waals surface area contributed by atoms with Crippen LogP contribution >= 0.6 is 27.3 Å². The Bertz CT molecular complexity index is 1310. The van der Waals surface area contributed by atoms with Gasteiger partial charge in [-0.1, -0.05) is 46.3 Å². The molecule has 0 fully saturated rings. The summed E-state index contributed by atoms with van der Waals surface area (Å²) in [5.41, 5.74) is 3.64. The van der Waals surface area contributed by atoms with E-state index in [-0.39, 0.29) is 11.6 Å². The topological polar surface area (TPSA) is 106 Å². The molecular weight excluding hydrogens is 518 g/mol. The van der Waals surface area contributed by atoms with Gasteiger partial charge in [0.1, 0.15) is 5.01 Å². The van der Waals surface area contributed by atoms with Crippen LogP contribution in [0.25, 0.3) is 21.8 Å². The molecule has 2 aromatic carbocycles. The van der Waals surface area contributed by atoms with E-state index >= 15 is 0 Å². The third kappa shape index (κ3) is 6.03. The fraction of sp³-hybridized carbons (Fsp3) is 0.125. The Kier molecular flexibility index (Phi) is 7.61. The van der Waals surface area contributed by atoms with Gasteiger partial charge in [-0.05, 0) is 36.8 Å². The predicted octanol–water partition coefficient (Wildman–Crippen LogP) is 5.53. The Morgan fingerprint density at radius 2 is 1.88 bits per heavy atom. The first-order chi connectivity index (χ1) is 16.5. The van der Waals surface area contributed by atoms with Gasteiger partial charge in [-0.25, -0.2) is 24.5 Å². The number of nitrogens with zero attached hydrogens (tertiary/aromatic N) is 3. The van der Waals surface area contributed by atoms with E-state index in [1.165, 1.54) is 11.3 Å². The Labute approximate surface area is 208 Å². The lowest BCUT2D eigenvalue weighted by atomic mass is 10.1. The quantitative estimate of drug-likeness (QED) is 0.300. The first-order valence-corrected chi connectivity index (χ1v) is 12.0. The number of nitrogens with one attached hydrogen (secondary N) is 2. The van der Waals surface area contributed by atoms with Gasteiger partial charge in [0.05, 0.1) is 12.3 Å². The van der Waals surface area contributed by atoms with Gasteiger partial charge in [-0.3, -0.25) is 5.32 Å². The molecule has 2 heterocycles. The van der Waals surface area contributed by atoms with Crippen molar-refractivity contribution in [2.45, 2.75) is 13.5 Å². The molecule has 10 heteroatoms. The fourth-order valence-corrected chi connectivity index (χ4v) is 4.10. The highest BCUT2D eigenvalue weighted by Crippen LogP contribution is 2.25. The summed E-state index contributed by atoms with van der Waals surface area (Å²) in [6.45, 7) is 2.35. The number of thiazole rings is 1. The molecule has 4 rings (SSSR count). The van der Waals surface area contributed by atoms with Gasteiger partial charge < -0.3 is 10.1 Å². The van der Waals surface area contributed by atoms with Crippen molar-refractivity contribution in [2.75, 3.05) is 11.9 Å². The van der Waals surface area contributed by atoms with Gasteiger partial charge in [0.25, 0.3) is 0 Å². The van der Waals surface area contributed by atoms with Crippen LogP contribution < -0.4 is 10.6 Å². The van der Waals surface area contributed by atoms with Gasteiger partial charge in [-0.15, -0.1) is 11.3 Å². The summed E-state index contributed by atoms with van der Waals surface area (Å²) in [5, 5.41) is 7.85. The summed E-state index contributed by atoms with van der Waals surface area (Å²) >= 11 is 4.77. The summed E-state index contributed by atoms with van der Waals surface area (Å²) in [6.07, 6.45) is 1.60. The molecule has 0 spiro atoms. The molecule has 0 saturated carbocycles. The molecule has 0 bridgehead atoms. The Morgan fingerprint density at radius 1 is 1.06 bits per heavy atom. The SMILES string of the molecule is CCOC(=O)c1csc(-c2cccc(CNC(=O)Nc3nccc(-c4ccc(Br)cc4)n3)c2)n1. The van der Waals surface area contributed by atoms with E-state index in [2.05, 4.69) is 41.5 Å². The molecule has 0 aliphatic heterocycles. The number of rotatable bonds is 7. The molecule has 0 saturated heterocycles. The minimum absolute atomic E-state index is 0.209. The van der Waals surface area contributed by atoms with Crippen LogP contribution in [-0.2, 0) is 11.3 Å². The molecule has 0 atom stereocenters. The number of hydrogen-bond acceptors (Lipinski definition) is 7. The molecule has 4 aromatic rings. The number of benzene rings is 2. The summed E-state index contributed by atoms with van der Waals surface area (Å²) in [5.74, 6) is -0.230. The van der Waals surface area contributed by atoms with E-state index in [1.807, 2.05) is 48.5 Å². The van der Waals surface area contributed by atoms with Crippen LogP contribution in [0.2, 0.25) is 0 Å². The normalized spacial score (nSPS) is 10.5. The van der Waals surface area contributed by atoms with Crippen LogP contribution in [0.3, 0.4) is 0 Å². The Morgan fingerprint density at radius 3 is 2.68 bits per heavy atom. The second kappa shape index (κ2) is 11.0. The Balaban J connectivity index is 1.37. The number of anilines is 1. The van der Waals surface area contributed by atoms with E-state index in [0.717, 1.165) is 21.2 Å². The van der Waals surface area contributed by atoms with Gasteiger partial charge in [0.15, 0.2) is 5.69 Å². The molecule has 0 radical (unpaired) electrons. The second-order valence-electron chi connectivity index (χ2n) is 7.04. The van der Waals surface area contributed by atoms with Crippen LogP contribution in [0.15, 0.2) is 70.6 Å². The van der Waals surface area contributed by atoms with E-state index in [9.17, 15) is 9.59 Å². The van der Waals surface area contributed by atoms with Crippen molar-refractivity contribution in [1.82, 2.24) is 20.3 Å². The number of carbonyl (C=O) groups excluding carboxylic acids is 2. The maximum Gasteiger partial charge on any atom is 0.357 e. The zero-order valence-electron chi connectivity index (χ0n) is 18.1. The average molecular weight is 538 g/mol. The molecule has 0 aliphatic carbocycles. The van der Waals surface area contributed by atoms with Crippen molar-refractivity contribution < 1.29 is 14.3 Å². The lowest BCUT2D eigenvalue weighted by molar-refractivity contribution is 0.0520. The summed E-state index contributed by atoms with van der Waals surface area (Å²) in [6, 6.07) is 16.7. The minimum Gasteiger partial charge on any atom is -0.461 e. The molecule has 0 unspecified atom stereocenters. The van der Waals surface area contributed by atoms with Crippen molar-refractivity contribution in [3.8, 4) is 21.8 Å². The van der Waals surface area contributed by atoms with Gasteiger partial charge in [-0.2, -0.15) is 0 Å². The predicted molar refractivity (Wildman–Crippen MR) is 135 cm³/mol. The molecule has 34 heavy (non-hydrogen) atoms. The molecule has 2 amide bonds. The molecule has 0 aliphatic rings. The summed E-state index contributed by atoms with van der Waals surface area (Å²) < 4.78 is 5.96. The highest BCUT2D eigenvalue weighted by Gasteiger charge is 2.13. The number of carbonyl (C=O) groups is 2. The summed E-state index contributed by atoms with van der Waals surface area (Å²) in [7, 11) is 0. The van der Waals surface area contributed by atoms with E-state index in [0.29, 0.717) is 23.9 Å². The van der Waals surface area contributed by atoms with Gasteiger partial charge in [0, 0.05) is 33.7 Å². The first-order valence-electron chi connectivity index (χ1n) is 10.4. The number of esters is 1.